The predicted octanol–water partition coefficient (Wildman–Crippen LogP) is 5.16. The molecule has 4 nitrogen and oxygen atoms in total. The topological polar surface area (TPSA) is 55.4 Å². The zero-order chi connectivity index (χ0) is 19.2. The number of nitrogens with one attached hydrogen (secondary N) is 1. The molecular weight excluding hydrogens is 358 g/mol. The first-order valence-electron chi connectivity index (χ1n) is 8.41. The van der Waals surface area contributed by atoms with Crippen LogP contribution in [0.2, 0.25) is 0 Å². The van der Waals surface area contributed by atoms with Gasteiger partial charge in [-0.3, -0.25) is 4.79 Å². The largest absolute Gasteiger partial charge is 0.465 e. The minimum atomic E-state index is -0.472. The van der Waals surface area contributed by atoms with E-state index in [2.05, 4.69) is 5.32 Å². The van der Waals surface area contributed by atoms with Gasteiger partial charge in [0.05, 0.1) is 7.11 Å². The average Bonchev–Trinajstić information content (AvgIpc) is 3.02. The molecule has 3 aromatic rings. The molecule has 0 unspecified atom stereocenters. The van der Waals surface area contributed by atoms with E-state index in [0.717, 1.165) is 21.6 Å². The Bertz CT molecular complexity index is 976. The summed E-state index contributed by atoms with van der Waals surface area (Å²) in [5.41, 5.74) is 3.00. The summed E-state index contributed by atoms with van der Waals surface area (Å²) in [6, 6.07) is 19.1. The first kappa shape index (κ1) is 18.6. The maximum absolute atomic E-state index is 12.4. The van der Waals surface area contributed by atoms with E-state index in [1.807, 2.05) is 67.6 Å². The Hall–Kier alpha value is -3.18. The van der Waals surface area contributed by atoms with Crippen LogP contribution in [0.15, 0.2) is 66.7 Å². The van der Waals surface area contributed by atoms with Crippen LogP contribution < -0.4 is 5.32 Å². The summed E-state index contributed by atoms with van der Waals surface area (Å²) >= 11 is 1.36. The Morgan fingerprint density at radius 1 is 1.00 bits per heavy atom. The summed E-state index contributed by atoms with van der Waals surface area (Å²) in [6.45, 7) is 1.93. The van der Waals surface area contributed by atoms with Gasteiger partial charge in [-0.1, -0.05) is 60.7 Å². The van der Waals surface area contributed by atoms with E-state index in [0.29, 0.717) is 10.6 Å². The standard InChI is InChI=1S/C22H19NO3S/c1-15-19(17-11-7-4-8-12-17)20(22(25)26-2)21(27-15)23-18(24)14-13-16-9-5-3-6-10-16/h3-14H,1-2H3,(H,23,24)/b14-13+. The number of hydrogen-bond donors (Lipinski definition) is 1. The number of carbonyl (C=O) groups is 2. The highest BCUT2D eigenvalue weighted by Gasteiger charge is 2.24. The fourth-order valence-corrected chi connectivity index (χ4v) is 3.84. The van der Waals surface area contributed by atoms with E-state index in [4.69, 9.17) is 4.74 Å². The molecule has 2 aromatic carbocycles. The van der Waals surface area contributed by atoms with Gasteiger partial charge in [-0.05, 0) is 24.1 Å². The molecule has 0 atom stereocenters. The van der Waals surface area contributed by atoms with Crippen molar-refractivity contribution in [3.05, 3.63) is 82.7 Å². The van der Waals surface area contributed by atoms with Crippen LogP contribution in [-0.2, 0) is 9.53 Å². The normalized spacial score (nSPS) is 10.7. The molecule has 1 N–H and O–H groups in total. The van der Waals surface area contributed by atoms with E-state index >= 15 is 0 Å². The summed E-state index contributed by atoms with van der Waals surface area (Å²) in [6.07, 6.45) is 3.18. The van der Waals surface area contributed by atoms with Gasteiger partial charge in [0.1, 0.15) is 10.6 Å². The second-order valence-corrected chi connectivity index (χ2v) is 7.05. The highest BCUT2D eigenvalue weighted by molar-refractivity contribution is 7.17. The van der Waals surface area contributed by atoms with Gasteiger partial charge in [0.25, 0.3) is 0 Å². The van der Waals surface area contributed by atoms with Gasteiger partial charge < -0.3 is 10.1 Å². The number of anilines is 1. The van der Waals surface area contributed by atoms with Crippen molar-refractivity contribution in [2.75, 3.05) is 12.4 Å². The molecule has 0 aliphatic rings. The Kier molecular flexibility index (Phi) is 5.84. The number of ether oxygens (including phenoxy) is 1. The minimum absolute atomic E-state index is 0.301. The van der Waals surface area contributed by atoms with Crippen molar-refractivity contribution in [3.63, 3.8) is 0 Å². The monoisotopic (exact) mass is 377 g/mol. The SMILES string of the molecule is COC(=O)c1c(NC(=O)/C=C/c2ccccc2)sc(C)c1-c1ccccc1. The van der Waals surface area contributed by atoms with Crippen molar-refractivity contribution in [1.29, 1.82) is 0 Å². The van der Waals surface area contributed by atoms with Gasteiger partial charge in [-0.25, -0.2) is 4.79 Å². The number of hydrogen-bond acceptors (Lipinski definition) is 4. The molecule has 136 valence electrons. The van der Waals surface area contributed by atoms with Crippen LogP contribution in [-0.4, -0.2) is 19.0 Å². The summed E-state index contributed by atoms with van der Waals surface area (Å²) in [5.74, 6) is -0.773. The second kappa shape index (κ2) is 8.47. The van der Waals surface area contributed by atoms with Gasteiger partial charge in [0, 0.05) is 16.5 Å². The Morgan fingerprint density at radius 2 is 1.63 bits per heavy atom. The summed E-state index contributed by atoms with van der Waals surface area (Å²) < 4.78 is 4.96. The van der Waals surface area contributed by atoms with Gasteiger partial charge in [0.2, 0.25) is 5.91 Å². The number of rotatable bonds is 5. The first-order chi connectivity index (χ1) is 13.1. The molecule has 0 aliphatic heterocycles. The fourth-order valence-electron chi connectivity index (χ4n) is 2.77. The van der Waals surface area contributed by atoms with Crippen LogP contribution >= 0.6 is 11.3 Å². The van der Waals surface area contributed by atoms with Crippen LogP contribution in [0.3, 0.4) is 0 Å². The third-order valence-corrected chi connectivity index (χ3v) is 5.02. The zero-order valence-corrected chi connectivity index (χ0v) is 15.9. The quantitative estimate of drug-likeness (QED) is 0.493. The Morgan fingerprint density at radius 3 is 2.26 bits per heavy atom. The number of thiophene rings is 1. The fraction of sp³-hybridized carbons (Fsp3) is 0.0909. The highest BCUT2D eigenvalue weighted by Crippen LogP contribution is 2.40. The van der Waals surface area contributed by atoms with Crippen molar-refractivity contribution in [2.45, 2.75) is 6.92 Å². The third kappa shape index (κ3) is 4.33. The molecule has 1 aromatic heterocycles. The molecule has 0 radical (unpaired) electrons. The molecule has 3 rings (SSSR count). The lowest BCUT2D eigenvalue weighted by Gasteiger charge is -2.07. The van der Waals surface area contributed by atoms with Crippen LogP contribution in [0, 0.1) is 6.92 Å². The smallest absolute Gasteiger partial charge is 0.341 e. The number of benzene rings is 2. The van der Waals surface area contributed by atoms with E-state index in [9.17, 15) is 9.59 Å². The Balaban J connectivity index is 1.92. The van der Waals surface area contributed by atoms with Crippen molar-refractivity contribution in [1.82, 2.24) is 0 Å². The molecule has 1 heterocycles. The van der Waals surface area contributed by atoms with Crippen LogP contribution in [0.25, 0.3) is 17.2 Å². The van der Waals surface area contributed by atoms with Crippen molar-refractivity contribution < 1.29 is 14.3 Å². The lowest BCUT2D eigenvalue weighted by Crippen LogP contribution is -2.11. The molecular formula is C22H19NO3S. The van der Waals surface area contributed by atoms with Crippen molar-refractivity contribution in [2.24, 2.45) is 0 Å². The average molecular weight is 377 g/mol. The highest BCUT2D eigenvalue weighted by atomic mass is 32.1. The number of carbonyl (C=O) groups excluding carboxylic acids is 2. The number of aryl methyl sites for hydroxylation is 1. The lowest BCUT2D eigenvalue weighted by atomic mass is 10.0. The number of methoxy groups -OCH3 is 1. The second-order valence-electron chi connectivity index (χ2n) is 5.83. The van der Waals surface area contributed by atoms with E-state index in [-0.39, 0.29) is 5.91 Å². The maximum Gasteiger partial charge on any atom is 0.341 e. The van der Waals surface area contributed by atoms with E-state index in [1.54, 1.807) is 6.08 Å². The van der Waals surface area contributed by atoms with Crippen LogP contribution in [0.4, 0.5) is 5.00 Å². The molecule has 0 bridgehead atoms. The van der Waals surface area contributed by atoms with Crippen molar-refractivity contribution >= 4 is 34.3 Å². The van der Waals surface area contributed by atoms with Gasteiger partial charge in [-0.2, -0.15) is 0 Å². The third-order valence-electron chi connectivity index (χ3n) is 4.00. The zero-order valence-electron chi connectivity index (χ0n) is 15.1. The van der Waals surface area contributed by atoms with Crippen LogP contribution in [0.1, 0.15) is 20.8 Å². The lowest BCUT2D eigenvalue weighted by molar-refractivity contribution is -0.111. The maximum atomic E-state index is 12.4. The Labute approximate surface area is 162 Å². The summed E-state index contributed by atoms with van der Waals surface area (Å²) in [5, 5.41) is 3.31. The van der Waals surface area contributed by atoms with Gasteiger partial charge in [0.15, 0.2) is 0 Å². The molecule has 5 heteroatoms. The molecule has 0 saturated carbocycles. The molecule has 0 spiro atoms. The number of amides is 1. The minimum Gasteiger partial charge on any atom is -0.465 e. The predicted molar refractivity (Wildman–Crippen MR) is 110 cm³/mol. The molecule has 0 fully saturated rings. The van der Waals surface area contributed by atoms with E-state index in [1.165, 1.54) is 24.5 Å². The molecule has 0 saturated heterocycles. The van der Waals surface area contributed by atoms with Gasteiger partial charge >= 0.3 is 5.97 Å². The summed E-state index contributed by atoms with van der Waals surface area (Å²) in [7, 11) is 1.34. The molecule has 1 amide bonds. The molecule has 0 aliphatic carbocycles. The first-order valence-corrected chi connectivity index (χ1v) is 9.23. The molecule has 27 heavy (non-hydrogen) atoms. The van der Waals surface area contributed by atoms with Crippen LogP contribution in [0.5, 0.6) is 0 Å². The van der Waals surface area contributed by atoms with E-state index < -0.39 is 5.97 Å². The van der Waals surface area contributed by atoms with Gasteiger partial charge in [-0.15, -0.1) is 11.3 Å². The number of esters is 1. The van der Waals surface area contributed by atoms with Crippen molar-refractivity contribution in [3.8, 4) is 11.1 Å². The summed E-state index contributed by atoms with van der Waals surface area (Å²) in [4.78, 5) is 25.7.